The zero-order valence-electron chi connectivity index (χ0n) is 11.9. The molecule has 0 aromatic heterocycles. The molecule has 3 rings (SSSR count). The Morgan fingerprint density at radius 1 is 1.05 bits per heavy atom. The van der Waals surface area contributed by atoms with Gasteiger partial charge in [-0.2, -0.15) is 0 Å². The Balaban J connectivity index is 1.41. The molecule has 0 amide bonds. The van der Waals surface area contributed by atoms with E-state index in [4.69, 9.17) is 0 Å². The molecule has 0 unspecified atom stereocenters. The van der Waals surface area contributed by atoms with Crippen LogP contribution in [0.4, 0.5) is 4.39 Å². The van der Waals surface area contributed by atoms with Crippen molar-refractivity contribution < 1.29 is 4.39 Å². The maximum absolute atomic E-state index is 12.8. The minimum Gasteiger partial charge on any atom is -0.314 e. The van der Waals surface area contributed by atoms with Crippen molar-refractivity contribution in [1.82, 2.24) is 5.32 Å². The standard InChI is InChI=1S/C18H19BrFN/c19-18-4-2-1-3-17(18)14-11-16(12-14)21-10-9-13-5-7-15(20)8-6-13/h1-8,14,16,21H,9-12H2. The van der Waals surface area contributed by atoms with Gasteiger partial charge in [-0.25, -0.2) is 4.39 Å². The van der Waals surface area contributed by atoms with Gasteiger partial charge >= 0.3 is 0 Å². The van der Waals surface area contributed by atoms with Gasteiger partial charge in [-0.1, -0.05) is 46.3 Å². The van der Waals surface area contributed by atoms with Gasteiger partial charge in [-0.15, -0.1) is 0 Å². The van der Waals surface area contributed by atoms with Gasteiger partial charge in [0.25, 0.3) is 0 Å². The van der Waals surface area contributed by atoms with Gasteiger partial charge in [0.05, 0.1) is 0 Å². The molecule has 0 bridgehead atoms. The van der Waals surface area contributed by atoms with E-state index in [9.17, 15) is 4.39 Å². The summed E-state index contributed by atoms with van der Waals surface area (Å²) in [5.74, 6) is 0.505. The van der Waals surface area contributed by atoms with Crippen LogP contribution < -0.4 is 5.32 Å². The molecule has 1 N–H and O–H groups in total. The van der Waals surface area contributed by atoms with Crippen molar-refractivity contribution in [3.63, 3.8) is 0 Å². The summed E-state index contributed by atoms with van der Waals surface area (Å²) in [4.78, 5) is 0. The Morgan fingerprint density at radius 3 is 2.48 bits per heavy atom. The molecule has 1 aliphatic rings. The fourth-order valence-electron chi connectivity index (χ4n) is 2.92. The van der Waals surface area contributed by atoms with Crippen molar-refractivity contribution in [3.8, 4) is 0 Å². The van der Waals surface area contributed by atoms with Crippen molar-refractivity contribution >= 4 is 15.9 Å². The molecule has 0 aliphatic heterocycles. The maximum atomic E-state index is 12.8. The smallest absolute Gasteiger partial charge is 0.123 e. The molecule has 2 aromatic carbocycles. The zero-order chi connectivity index (χ0) is 14.7. The normalized spacial score (nSPS) is 21.0. The summed E-state index contributed by atoms with van der Waals surface area (Å²) in [6, 6.07) is 15.9. The van der Waals surface area contributed by atoms with Crippen LogP contribution >= 0.6 is 15.9 Å². The maximum Gasteiger partial charge on any atom is 0.123 e. The third kappa shape index (κ3) is 3.72. The van der Waals surface area contributed by atoms with Crippen molar-refractivity contribution in [1.29, 1.82) is 0 Å². The van der Waals surface area contributed by atoms with E-state index in [1.165, 1.54) is 40.6 Å². The number of halogens is 2. The average Bonchev–Trinajstić information content (AvgIpc) is 2.45. The highest BCUT2D eigenvalue weighted by Crippen LogP contribution is 2.39. The second kappa shape index (κ2) is 6.71. The molecular formula is C18H19BrFN. The summed E-state index contributed by atoms with van der Waals surface area (Å²) in [5, 5.41) is 3.59. The SMILES string of the molecule is Fc1ccc(CCNC2CC(c3ccccc3Br)C2)cc1. The first-order chi connectivity index (χ1) is 10.2. The molecular weight excluding hydrogens is 329 g/mol. The molecule has 0 spiro atoms. The Labute approximate surface area is 133 Å². The summed E-state index contributed by atoms with van der Waals surface area (Å²) >= 11 is 3.63. The molecule has 0 atom stereocenters. The molecule has 110 valence electrons. The molecule has 0 saturated heterocycles. The fraction of sp³-hybridized carbons (Fsp3) is 0.333. The Bertz CT molecular complexity index is 590. The summed E-state index contributed by atoms with van der Waals surface area (Å²) in [7, 11) is 0. The number of hydrogen-bond donors (Lipinski definition) is 1. The van der Waals surface area contributed by atoms with E-state index < -0.39 is 0 Å². The van der Waals surface area contributed by atoms with E-state index in [1.807, 2.05) is 12.1 Å². The largest absolute Gasteiger partial charge is 0.314 e. The zero-order valence-corrected chi connectivity index (χ0v) is 13.4. The van der Waals surface area contributed by atoms with Crippen molar-refractivity contribution in [2.24, 2.45) is 0 Å². The van der Waals surface area contributed by atoms with Gasteiger partial charge in [-0.3, -0.25) is 0 Å². The highest BCUT2D eigenvalue weighted by Gasteiger charge is 2.30. The Hall–Kier alpha value is -1.19. The molecule has 2 aromatic rings. The minimum atomic E-state index is -0.165. The van der Waals surface area contributed by atoms with Crippen LogP contribution in [0.2, 0.25) is 0 Å². The van der Waals surface area contributed by atoms with Crippen LogP contribution in [0.15, 0.2) is 53.0 Å². The highest BCUT2D eigenvalue weighted by atomic mass is 79.9. The molecule has 1 fully saturated rings. The second-order valence-electron chi connectivity index (χ2n) is 5.72. The van der Waals surface area contributed by atoms with E-state index in [2.05, 4.69) is 45.5 Å². The van der Waals surface area contributed by atoms with Crippen LogP contribution in [0, 0.1) is 5.82 Å². The first-order valence-electron chi connectivity index (χ1n) is 7.44. The Kier molecular flexibility index (Phi) is 4.71. The molecule has 0 radical (unpaired) electrons. The molecule has 1 aliphatic carbocycles. The molecule has 21 heavy (non-hydrogen) atoms. The average molecular weight is 348 g/mol. The number of rotatable bonds is 5. The lowest BCUT2D eigenvalue weighted by atomic mass is 9.76. The van der Waals surface area contributed by atoms with Crippen LogP contribution in [-0.2, 0) is 6.42 Å². The predicted molar refractivity (Wildman–Crippen MR) is 88.0 cm³/mol. The fourth-order valence-corrected chi connectivity index (χ4v) is 3.52. The van der Waals surface area contributed by atoms with Gasteiger partial charge in [0.15, 0.2) is 0 Å². The topological polar surface area (TPSA) is 12.0 Å². The monoisotopic (exact) mass is 347 g/mol. The first-order valence-corrected chi connectivity index (χ1v) is 8.24. The van der Waals surface area contributed by atoms with Crippen LogP contribution in [0.3, 0.4) is 0 Å². The van der Waals surface area contributed by atoms with Crippen molar-refractivity contribution in [2.45, 2.75) is 31.2 Å². The quantitative estimate of drug-likeness (QED) is 0.828. The summed E-state index contributed by atoms with van der Waals surface area (Å²) in [6.07, 6.45) is 3.36. The third-order valence-electron chi connectivity index (χ3n) is 4.24. The molecule has 0 heterocycles. The number of benzene rings is 2. The van der Waals surface area contributed by atoms with Crippen LogP contribution in [-0.4, -0.2) is 12.6 Å². The van der Waals surface area contributed by atoms with E-state index in [-0.39, 0.29) is 5.82 Å². The van der Waals surface area contributed by atoms with E-state index in [1.54, 1.807) is 0 Å². The van der Waals surface area contributed by atoms with Crippen LogP contribution in [0.5, 0.6) is 0 Å². The van der Waals surface area contributed by atoms with Crippen molar-refractivity contribution in [2.75, 3.05) is 6.54 Å². The minimum absolute atomic E-state index is 0.165. The van der Waals surface area contributed by atoms with E-state index in [0.29, 0.717) is 12.0 Å². The summed E-state index contributed by atoms with van der Waals surface area (Å²) in [5.41, 5.74) is 2.61. The van der Waals surface area contributed by atoms with E-state index in [0.717, 1.165) is 13.0 Å². The lowest BCUT2D eigenvalue weighted by molar-refractivity contribution is 0.292. The van der Waals surface area contributed by atoms with E-state index >= 15 is 0 Å². The molecule has 3 heteroatoms. The summed E-state index contributed by atoms with van der Waals surface area (Å²) in [6.45, 7) is 0.957. The van der Waals surface area contributed by atoms with Gasteiger partial charge in [0.1, 0.15) is 5.82 Å². The highest BCUT2D eigenvalue weighted by molar-refractivity contribution is 9.10. The molecule has 1 nitrogen and oxygen atoms in total. The Morgan fingerprint density at radius 2 is 1.76 bits per heavy atom. The van der Waals surface area contributed by atoms with Gasteiger partial charge in [-0.05, 0) is 61.1 Å². The van der Waals surface area contributed by atoms with Crippen molar-refractivity contribution in [3.05, 3.63) is 69.9 Å². The van der Waals surface area contributed by atoms with Crippen LogP contribution in [0.25, 0.3) is 0 Å². The number of hydrogen-bond acceptors (Lipinski definition) is 1. The van der Waals surface area contributed by atoms with Crippen LogP contribution in [0.1, 0.15) is 29.9 Å². The molecule has 1 saturated carbocycles. The van der Waals surface area contributed by atoms with Gasteiger partial charge in [0.2, 0.25) is 0 Å². The lowest BCUT2D eigenvalue weighted by Gasteiger charge is -2.37. The third-order valence-corrected chi connectivity index (χ3v) is 4.97. The first kappa shape index (κ1) is 14.7. The van der Waals surface area contributed by atoms with Gasteiger partial charge in [0, 0.05) is 10.5 Å². The van der Waals surface area contributed by atoms with Gasteiger partial charge < -0.3 is 5.32 Å². The lowest BCUT2D eigenvalue weighted by Crippen LogP contribution is -2.41. The summed E-state index contributed by atoms with van der Waals surface area (Å²) < 4.78 is 14.0. The number of nitrogens with one attached hydrogen (secondary N) is 1. The second-order valence-corrected chi connectivity index (χ2v) is 6.57. The predicted octanol–water partition coefficient (Wildman–Crippen LogP) is 4.67.